The molecule has 2 nitrogen and oxygen atoms in total. The molecule has 0 aliphatic rings. The molecule has 0 aromatic heterocycles. The van der Waals surface area contributed by atoms with Gasteiger partial charge in [-0.05, 0) is 52.5 Å². The van der Waals surface area contributed by atoms with Crippen LogP contribution in [0.4, 0.5) is 0 Å². The standard InChI is InChI=1S/C18H19BrO2/c1-4-21-15-9-10-16(17(19)11-15)18(20)14-7-5-13(6-8-14)12(2)3/h5-12H,4H2,1-3H3. The predicted octanol–water partition coefficient (Wildman–Crippen LogP) is 5.20. The third-order valence-electron chi connectivity index (χ3n) is 3.34. The lowest BCUT2D eigenvalue weighted by atomic mass is 9.98. The Bertz CT molecular complexity index is 630. The van der Waals surface area contributed by atoms with Crippen molar-refractivity contribution in [2.45, 2.75) is 26.7 Å². The second kappa shape index (κ2) is 6.90. The van der Waals surface area contributed by atoms with Crippen LogP contribution in [0.2, 0.25) is 0 Å². The van der Waals surface area contributed by atoms with Crippen molar-refractivity contribution in [1.29, 1.82) is 0 Å². The van der Waals surface area contributed by atoms with Gasteiger partial charge in [-0.3, -0.25) is 4.79 Å². The maximum atomic E-state index is 12.5. The van der Waals surface area contributed by atoms with Crippen molar-refractivity contribution in [3.05, 3.63) is 63.6 Å². The van der Waals surface area contributed by atoms with Crippen molar-refractivity contribution >= 4 is 21.7 Å². The van der Waals surface area contributed by atoms with E-state index < -0.39 is 0 Å². The largest absolute Gasteiger partial charge is 0.494 e. The van der Waals surface area contributed by atoms with E-state index in [1.807, 2.05) is 43.3 Å². The van der Waals surface area contributed by atoms with E-state index >= 15 is 0 Å². The first kappa shape index (κ1) is 15.8. The summed E-state index contributed by atoms with van der Waals surface area (Å²) in [4.78, 5) is 12.5. The summed E-state index contributed by atoms with van der Waals surface area (Å²) in [7, 11) is 0. The van der Waals surface area contributed by atoms with Crippen molar-refractivity contribution < 1.29 is 9.53 Å². The predicted molar refractivity (Wildman–Crippen MR) is 89.3 cm³/mol. The average Bonchev–Trinajstić information content (AvgIpc) is 2.47. The topological polar surface area (TPSA) is 26.3 Å². The van der Waals surface area contributed by atoms with Crippen LogP contribution in [-0.4, -0.2) is 12.4 Å². The average molecular weight is 347 g/mol. The third kappa shape index (κ3) is 3.73. The molecule has 3 heteroatoms. The van der Waals surface area contributed by atoms with Crippen LogP contribution < -0.4 is 4.74 Å². The molecule has 0 saturated carbocycles. The van der Waals surface area contributed by atoms with Gasteiger partial charge in [0.05, 0.1) is 6.61 Å². The summed E-state index contributed by atoms with van der Waals surface area (Å²) in [5.41, 5.74) is 2.58. The Hall–Kier alpha value is -1.61. The van der Waals surface area contributed by atoms with Gasteiger partial charge >= 0.3 is 0 Å². The van der Waals surface area contributed by atoms with Gasteiger partial charge < -0.3 is 4.74 Å². The van der Waals surface area contributed by atoms with Crippen LogP contribution in [0.25, 0.3) is 0 Å². The molecule has 2 aromatic rings. The number of carbonyl (C=O) groups is 1. The number of benzene rings is 2. The molecule has 0 atom stereocenters. The molecule has 0 radical (unpaired) electrons. The second-order valence-electron chi connectivity index (χ2n) is 5.18. The van der Waals surface area contributed by atoms with Gasteiger partial charge in [0.2, 0.25) is 0 Å². The van der Waals surface area contributed by atoms with E-state index in [9.17, 15) is 4.79 Å². The van der Waals surface area contributed by atoms with Gasteiger partial charge in [-0.15, -0.1) is 0 Å². The maximum absolute atomic E-state index is 12.5. The molecule has 0 aliphatic heterocycles. The highest BCUT2D eigenvalue weighted by Crippen LogP contribution is 2.26. The molecule has 0 bridgehead atoms. The van der Waals surface area contributed by atoms with Crippen molar-refractivity contribution in [2.24, 2.45) is 0 Å². The summed E-state index contributed by atoms with van der Waals surface area (Å²) < 4.78 is 6.18. The summed E-state index contributed by atoms with van der Waals surface area (Å²) in [5.74, 6) is 1.24. The molecule has 0 N–H and O–H groups in total. The normalized spacial score (nSPS) is 10.7. The first-order chi connectivity index (χ1) is 10.0. The van der Waals surface area contributed by atoms with Gasteiger partial charge in [-0.25, -0.2) is 0 Å². The van der Waals surface area contributed by atoms with Crippen LogP contribution in [0.15, 0.2) is 46.9 Å². The Morgan fingerprint density at radius 2 is 1.81 bits per heavy atom. The molecule has 0 spiro atoms. The zero-order valence-corrected chi connectivity index (χ0v) is 14.1. The Morgan fingerprint density at radius 1 is 1.14 bits per heavy atom. The highest BCUT2D eigenvalue weighted by Gasteiger charge is 2.13. The molecule has 0 fully saturated rings. The van der Waals surface area contributed by atoms with Crippen molar-refractivity contribution in [1.82, 2.24) is 0 Å². The van der Waals surface area contributed by atoms with Gasteiger partial charge in [0.15, 0.2) is 5.78 Å². The van der Waals surface area contributed by atoms with E-state index in [2.05, 4.69) is 29.8 Å². The lowest BCUT2D eigenvalue weighted by molar-refractivity contribution is 0.103. The molecular formula is C18H19BrO2. The summed E-state index contributed by atoms with van der Waals surface area (Å²) in [6, 6.07) is 13.3. The summed E-state index contributed by atoms with van der Waals surface area (Å²) >= 11 is 3.45. The van der Waals surface area contributed by atoms with Crippen LogP contribution in [0.3, 0.4) is 0 Å². The summed E-state index contributed by atoms with van der Waals surface area (Å²) in [5, 5.41) is 0. The molecule has 2 rings (SSSR count). The SMILES string of the molecule is CCOc1ccc(C(=O)c2ccc(C(C)C)cc2)c(Br)c1. The van der Waals surface area contributed by atoms with E-state index in [0.717, 1.165) is 10.2 Å². The van der Waals surface area contributed by atoms with E-state index in [-0.39, 0.29) is 5.78 Å². The van der Waals surface area contributed by atoms with Crippen LogP contribution in [0, 0.1) is 0 Å². The van der Waals surface area contributed by atoms with E-state index in [4.69, 9.17) is 4.74 Å². The van der Waals surface area contributed by atoms with Gasteiger partial charge in [0, 0.05) is 15.6 Å². The molecule has 110 valence electrons. The number of hydrogen-bond acceptors (Lipinski definition) is 2. The number of ketones is 1. The molecule has 0 unspecified atom stereocenters. The zero-order valence-electron chi connectivity index (χ0n) is 12.5. The minimum Gasteiger partial charge on any atom is -0.494 e. The van der Waals surface area contributed by atoms with Crippen LogP contribution in [0.5, 0.6) is 5.75 Å². The fourth-order valence-electron chi connectivity index (χ4n) is 2.11. The molecular weight excluding hydrogens is 328 g/mol. The number of hydrogen-bond donors (Lipinski definition) is 0. The van der Waals surface area contributed by atoms with E-state index in [0.29, 0.717) is 23.7 Å². The van der Waals surface area contributed by atoms with Crippen LogP contribution >= 0.6 is 15.9 Å². The lowest BCUT2D eigenvalue weighted by Crippen LogP contribution is -2.03. The molecule has 21 heavy (non-hydrogen) atoms. The van der Waals surface area contributed by atoms with Gasteiger partial charge in [-0.2, -0.15) is 0 Å². The number of rotatable bonds is 5. The Balaban J connectivity index is 2.27. The quantitative estimate of drug-likeness (QED) is 0.695. The minimum atomic E-state index is 0.0141. The number of halogens is 1. The molecule has 0 aliphatic carbocycles. The van der Waals surface area contributed by atoms with E-state index in [1.165, 1.54) is 5.56 Å². The van der Waals surface area contributed by atoms with Gasteiger partial charge in [-0.1, -0.05) is 38.1 Å². The zero-order chi connectivity index (χ0) is 15.4. The van der Waals surface area contributed by atoms with Crippen molar-refractivity contribution in [3.63, 3.8) is 0 Å². The second-order valence-corrected chi connectivity index (χ2v) is 6.03. The minimum absolute atomic E-state index is 0.0141. The molecule has 0 amide bonds. The Morgan fingerprint density at radius 3 is 2.33 bits per heavy atom. The number of ether oxygens (including phenoxy) is 1. The highest BCUT2D eigenvalue weighted by atomic mass is 79.9. The summed E-state index contributed by atoms with van der Waals surface area (Å²) in [6.07, 6.45) is 0. The van der Waals surface area contributed by atoms with Crippen molar-refractivity contribution in [2.75, 3.05) is 6.61 Å². The van der Waals surface area contributed by atoms with E-state index in [1.54, 1.807) is 6.07 Å². The fraction of sp³-hybridized carbons (Fsp3) is 0.278. The molecule has 0 heterocycles. The van der Waals surface area contributed by atoms with Crippen molar-refractivity contribution in [3.8, 4) is 5.75 Å². The molecule has 0 saturated heterocycles. The van der Waals surface area contributed by atoms with Gasteiger partial charge in [0.1, 0.15) is 5.75 Å². The first-order valence-corrected chi connectivity index (χ1v) is 7.89. The Kier molecular flexibility index (Phi) is 5.18. The van der Waals surface area contributed by atoms with Crippen LogP contribution in [0.1, 0.15) is 48.2 Å². The fourth-order valence-corrected chi connectivity index (χ4v) is 2.65. The third-order valence-corrected chi connectivity index (χ3v) is 3.99. The summed E-state index contributed by atoms with van der Waals surface area (Å²) in [6.45, 7) is 6.82. The Labute approximate surface area is 134 Å². The molecule has 2 aromatic carbocycles. The monoisotopic (exact) mass is 346 g/mol. The smallest absolute Gasteiger partial charge is 0.194 e. The lowest BCUT2D eigenvalue weighted by Gasteiger charge is -2.09. The maximum Gasteiger partial charge on any atom is 0.194 e. The van der Waals surface area contributed by atoms with Crippen LogP contribution in [-0.2, 0) is 0 Å². The highest BCUT2D eigenvalue weighted by molar-refractivity contribution is 9.10. The number of carbonyl (C=O) groups excluding carboxylic acids is 1. The first-order valence-electron chi connectivity index (χ1n) is 7.10. The van der Waals surface area contributed by atoms with Gasteiger partial charge in [0.25, 0.3) is 0 Å².